The molecule has 6 heteroatoms. The zero-order chi connectivity index (χ0) is 11.6. The summed E-state index contributed by atoms with van der Waals surface area (Å²) in [4.78, 5) is 1.72. The van der Waals surface area contributed by atoms with Crippen molar-refractivity contribution >= 4 is 39.5 Å². The number of nitrogens with one attached hydrogen (secondary N) is 1. The SMILES string of the molecule is CNC(=S)[C@]1(c2ccns2)CCCCS1=O. The van der Waals surface area contributed by atoms with Gasteiger partial charge in [0.1, 0.15) is 4.75 Å². The molecule has 0 saturated carbocycles. The van der Waals surface area contributed by atoms with E-state index < -0.39 is 15.5 Å². The largest absolute Gasteiger partial charge is 0.381 e. The molecular weight excluding hydrogens is 260 g/mol. The van der Waals surface area contributed by atoms with E-state index in [2.05, 4.69) is 9.69 Å². The van der Waals surface area contributed by atoms with Crippen LogP contribution in [0.3, 0.4) is 0 Å². The van der Waals surface area contributed by atoms with Crippen molar-refractivity contribution in [3.63, 3.8) is 0 Å². The highest BCUT2D eigenvalue weighted by Gasteiger charge is 2.45. The summed E-state index contributed by atoms with van der Waals surface area (Å²) < 4.78 is 16.0. The van der Waals surface area contributed by atoms with Gasteiger partial charge in [-0.1, -0.05) is 18.6 Å². The van der Waals surface area contributed by atoms with Crippen LogP contribution in [0.1, 0.15) is 24.1 Å². The molecule has 2 rings (SSSR count). The molecule has 0 bridgehead atoms. The van der Waals surface area contributed by atoms with Gasteiger partial charge in [-0.25, -0.2) is 4.37 Å². The summed E-state index contributed by atoms with van der Waals surface area (Å²) in [5.74, 6) is 0.736. The Hall–Kier alpha value is -0.330. The molecular formula is C10H14N2OS3. The molecule has 0 aromatic carbocycles. The standard InChI is InChI=1S/C10H14N2OS3/c1-11-9(14)10(8-4-6-12-15-8)5-2-3-7-16(10)13/h4,6H,2-3,5,7H2,1H3,(H,11,14)/t10-,16?/m1/s1. The lowest BCUT2D eigenvalue weighted by molar-refractivity contribution is 0.579. The summed E-state index contributed by atoms with van der Waals surface area (Å²) in [7, 11) is 0.873. The average molecular weight is 274 g/mol. The van der Waals surface area contributed by atoms with Gasteiger partial charge in [0.05, 0.1) is 9.87 Å². The first-order valence-electron chi connectivity index (χ1n) is 5.23. The van der Waals surface area contributed by atoms with Gasteiger partial charge < -0.3 is 5.32 Å². The zero-order valence-corrected chi connectivity index (χ0v) is 11.5. The molecule has 1 aromatic rings. The van der Waals surface area contributed by atoms with Gasteiger partial charge in [-0.2, -0.15) is 0 Å². The molecule has 1 aliphatic rings. The van der Waals surface area contributed by atoms with Crippen molar-refractivity contribution in [2.24, 2.45) is 0 Å². The summed E-state index contributed by atoms with van der Waals surface area (Å²) in [5, 5.41) is 3.01. The molecule has 0 aliphatic carbocycles. The molecule has 1 N–H and O–H groups in total. The quantitative estimate of drug-likeness (QED) is 0.835. The minimum absolute atomic E-state index is 0.483. The molecule has 1 aromatic heterocycles. The van der Waals surface area contributed by atoms with Crippen molar-refractivity contribution in [2.75, 3.05) is 12.8 Å². The summed E-state index contributed by atoms with van der Waals surface area (Å²) in [6.07, 6.45) is 4.72. The van der Waals surface area contributed by atoms with Crippen molar-refractivity contribution in [3.05, 3.63) is 17.1 Å². The van der Waals surface area contributed by atoms with E-state index in [1.54, 1.807) is 13.2 Å². The molecule has 1 fully saturated rings. The van der Waals surface area contributed by atoms with Crippen LogP contribution in [-0.2, 0) is 15.5 Å². The van der Waals surface area contributed by atoms with Crippen LogP contribution in [0.4, 0.5) is 0 Å². The van der Waals surface area contributed by atoms with E-state index in [9.17, 15) is 4.21 Å². The highest BCUT2D eigenvalue weighted by Crippen LogP contribution is 2.40. The maximum Gasteiger partial charge on any atom is 0.131 e. The first-order valence-corrected chi connectivity index (χ1v) is 7.73. The molecule has 1 saturated heterocycles. The Kier molecular flexibility index (Phi) is 3.71. The lowest BCUT2D eigenvalue weighted by Crippen LogP contribution is -2.47. The lowest BCUT2D eigenvalue weighted by Gasteiger charge is -2.35. The smallest absolute Gasteiger partial charge is 0.131 e. The average Bonchev–Trinajstić information content (AvgIpc) is 2.83. The molecule has 1 aliphatic heterocycles. The van der Waals surface area contributed by atoms with Crippen molar-refractivity contribution in [2.45, 2.75) is 24.0 Å². The Balaban J connectivity index is 2.47. The predicted molar refractivity (Wildman–Crippen MR) is 72.3 cm³/mol. The first kappa shape index (κ1) is 12.1. The Morgan fingerprint density at radius 3 is 3.06 bits per heavy atom. The monoisotopic (exact) mass is 274 g/mol. The van der Waals surface area contributed by atoms with Crippen molar-refractivity contribution in [1.29, 1.82) is 0 Å². The molecule has 3 nitrogen and oxygen atoms in total. The van der Waals surface area contributed by atoms with E-state index in [1.165, 1.54) is 11.5 Å². The first-order chi connectivity index (χ1) is 7.71. The Morgan fingerprint density at radius 1 is 1.69 bits per heavy atom. The van der Waals surface area contributed by atoms with Crippen molar-refractivity contribution in [1.82, 2.24) is 9.69 Å². The lowest BCUT2D eigenvalue weighted by atomic mass is 9.98. The topological polar surface area (TPSA) is 42.0 Å². The van der Waals surface area contributed by atoms with E-state index in [1.807, 2.05) is 6.07 Å². The van der Waals surface area contributed by atoms with E-state index in [-0.39, 0.29) is 0 Å². The zero-order valence-electron chi connectivity index (χ0n) is 9.06. The van der Waals surface area contributed by atoms with Gasteiger partial charge in [0.25, 0.3) is 0 Å². The Morgan fingerprint density at radius 2 is 2.50 bits per heavy atom. The number of hydrogen-bond acceptors (Lipinski definition) is 4. The van der Waals surface area contributed by atoms with Gasteiger partial charge in [0.2, 0.25) is 0 Å². The molecule has 2 heterocycles. The Bertz CT molecular complexity index is 394. The van der Waals surface area contributed by atoms with E-state index in [0.29, 0.717) is 4.99 Å². The molecule has 88 valence electrons. The van der Waals surface area contributed by atoms with Crippen LogP contribution < -0.4 is 5.32 Å². The molecule has 2 atom stereocenters. The van der Waals surface area contributed by atoms with E-state index in [4.69, 9.17) is 12.2 Å². The number of hydrogen-bond donors (Lipinski definition) is 1. The number of rotatable bonds is 2. The second kappa shape index (κ2) is 4.89. The van der Waals surface area contributed by atoms with Crippen molar-refractivity contribution < 1.29 is 4.21 Å². The third-order valence-electron chi connectivity index (χ3n) is 2.93. The van der Waals surface area contributed by atoms with Crippen LogP contribution >= 0.6 is 23.8 Å². The summed E-state index contributed by atoms with van der Waals surface area (Å²) in [6.45, 7) is 0. The molecule has 0 amide bonds. The van der Waals surface area contributed by atoms with Gasteiger partial charge in [0, 0.05) is 29.8 Å². The predicted octanol–water partition coefficient (Wildman–Crippen LogP) is 1.82. The summed E-state index contributed by atoms with van der Waals surface area (Å²) >= 11 is 6.79. The number of aromatic nitrogens is 1. The maximum absolute atomic E-state index is 12.4. The fourth-order valence-electron chi connectivity index (χ4n) is 2.09. The van der Waals surface area contributed by atoms with Crippen LogP contribution in [0, 0.1) is 0 Å². The second-order valence-corrected chi connectivity index (χ2v) is 6.83. The van der Waals surface area contributed by atoms with Crippen LogP contribution in [0.15, 0.2) is 12.3 Å². The molecule has 1 unspecified atom stereocenters. The van der Waals surface area contributed by atoms with Crippen LogP contribution in [0.25, 0.3) is 0 Å². The molecule has 0 spiro atoms. The van der Waals surface area contributed by atoms with E-state index in [0.717, 1.165) is 29.9 Å². The van der Waals surface area contributed by atoms with Crippen LogP contribution in [0.5, 0.6) is 0 Å². The minimum atomic E-state index is -0.929. The summed E-state index contributed by atoms with van der Waals surface area (Å²) in [5.41, 5.74) is 0. The molecule has 0 radical (unpaired) electrons. The summed E-state index contributed by atoms with van der Waals surface area (Å²) in [6, 6.07) is 1.94. The maximum atomic E-state index is 12.4. The third kappa shape index (κ3) is 1.83. The van der Waals surface area contributed by atoms with Gasteiger partial charge in [-0.15, -0.1) is 0 Å². The normalized spacial score (nSPS) is 29.9. The second-order valence-electron chi connectivity index (χ2n) is 3.79. The highest BCUT2D eigenvalue weighted by molar-refractivity contribution is 7.90. The van der Waals surface area contributed by atoms with Crippen LogP contribution in [-0.4, -0.2) is 26.4 Å². The minimum Gasteiger partial charge on any atom is -0.381 e. The third-order valence-corrected chi connectivity index (χ3v) is 6.71. The fraction of sp³-hybridized carbons (Fsp3) is 0.600. The van der Waals surface area contributed by atoms with Gasteiger partial charge in [0.15, 0.2) is 0 Å². The van der Waals surface area contributed by atoms with Crippen molar-refractivity contribution in [3.8, 4) is 0 Å². The van der Waals surface area contributed by atoms with Gasteiger partial charge in [-0.05, 0) is 30.4 Å². The van der Waals surface area contributed by atoms with Gasteiger partial charge in [-0.3, -0.25) is 4.21 Å². The van der Waals surface area contributed by atoms with E-state index >= 15 is 0 Å². The number of nitrogens with zero attached hydrogens (tertiary/aromatic N) is 1. The number of likely N-dealkylation sites (N-methyl/N-ethyl adjacent to an activating group) is 1. The molecule has 16 heavy (non-hydrogen) atoms. The number of thiocarbonyl (C=S) groups is 1. The Labute approximate surface area is 107 Å². The van der Waals surface area contributed by atoms with Gasteiger partial charge >= 0.3 is 0 Å². The van der Waals surface area contributed by atoms with Crippen LogP contribution in [0.2, 0.25) is 0 Å². The highest BCUT2D eigenvalue weighted by atomic mass is 32.2. The fourth-order valence-corrected chi connectivity index (χ4v) is 5.53.